The SMILES string of the molecule is CC(C)(C)c1ccc(CCC(=O)OCC(=O)NN2C(=O)NC3(CCCCC3)C2=O)cc1. The van der Waals surface area contributed by atoms with Crippen molar-refractivity contribution in [1.82, 2.24) is 15.8 Å². The van der Waals surface area contributed by atoms with Crippen LogP contribution in [0.4, 0.5) is 4.79 Å². The predicted molar refractivity (Wildman–Crippen MR) is 114 cm³/mol. The number of amides is 4. The van der Waals surface area contributed by atoms with Crippen LogP contribution in [-0.2, 0) is 31.0 Å². The van der Waals surface area contributed by atoms with E-state index in [1.165, 1.54) is 5.56 Å². The molecule has 8 nitrogen and oxygen atoms in total. The second kappa shape index (κ2) is 9.08. The number of nitrogens with zero attached hydrogens (tertiary/aromatic N) is 1. The molecular formula is C23H31N3O5. The number of benzene rings is 1. The Morgan fingerprint density at radius 3 is 2.35 bits per heavy atom. The van der Waals surface area contributed by atoms with Gasteiger partial charge in [0, 0.05) is 6.42 Å². The summed E-state index contributed by atoms with van der Waals surface area (Å²) in [5.74, 6) is -1.69. The lowest BCUT2D eigenvalue weighted by molar-refractivity contribution is -0.150. The molecule has 4 amide bonds. The number of carbonyl (C=O) groups excluding carboxylic acids is 4. The van der Waals surface area contributed by atoms with Crippen molar-refractivity contribution < 1.29 is 23.9 Å². The molecule has 0 aromatic heterocycles. The van der Waals surface area contributed by atoms with Gasteiger partial charge < -0.3 is 10.1 Å². The Labute approximate surface area is 182 Å². The van der Waals surface area contributed by atoms with Crippen LogP contribution in [0.3, 0.4) is 0 Å². The Morgan fingerprint density at radius 1 is 1.10 bits per heavy atom. The fourth-order valence-electron chi connectivity index (χ4n) is 4.01. The molecule has 2 fully saturated rings. The summed E-state index contributed by atoms with van der Waals surface area (Å²) in [6.45, 7) is 5.86. The minimum absolute atomic E-state index is 0.0646. The van der Waals surface area contributed by atoms with E-state index in [1.807, 2.05) is 24.3 Å². The number of hydrogen-bond acceptors (Lipinski definition) is 5. The number of aryl methyl sites for hydroxylation is 1. The third-order valence-electron chi connectivity index (χ3n) is 5.91. The van der Waals surface area contributed by atoms with Crippen LogP contribution in [0, 0.1) is 0 Å². The van der Waals surface area contributed by atoms with Gasteiger partial charge in [-0.25, -0.2) is 4.79 Å². The molecule has 3 rings (SSSR count). The Bertz CT molecular complexity index is 851. The molecule has 31 heavy (non-hydrogen) atoms. The van der Waals surface area contributed by atoms with Crippen LogP contribution in [-0.4, -0.2) is 41.0 Å². The molecule has 0 bridgehead atoms. The number of imide groups is 1. The number of esters is 1. The molecule has 8 heteroatoms. The van der Waals surface area contributed by atoms with Crippen LogP contribution in [0.1, 0.15) is 70.4 Å². The quantitative estimate of drug-likeness (QED) is 0.534. The zero-order valence-corrected chi connectivity index (χ0v) is 18.5. The second-order valence-electron chi connectivity index (χ2n) is 9.36. The number of rotatable bonds is 6. The van der Waals surface area contributed by atoms with E-state index < -0.39 is 36.0 Å². The van der Waals surface area contributed by atoms with Gasteiger partial charge in [0.2, 0.25) is 0 Å². The fraction of sp³-hybridized carbons (Fsp3) is 0.565. The van der Waals surface area contributed by atoms with E-state index in [0.717, 1.165) is 24.8 Å². The summed E-state index contributed by atoms with van der Waals surface area (Å²) in [5, 5.41) is 3.41. The molecule has 1 aliphatic heterocycles. The molecule has 1 aromatic rings. The number of urea groups is 1. The van der Waals surface area contributed by atoms with E-state index in [2.05, 4.69) is 31.5 Å². The van der Waals surface area contributed by atoms with Gasteiger partial charge in [-0.1, -0.05) is 64.3 Å². The molecule has 1 aliphatic carbocycles. The number of nitrogens with one attached hydrogen (secondary N) is 2. The minimum Gasteiger partial charge on any atom is -0.455 e. The maximum atomic E-state index is 12.6. The minimum atomic E-state index is -0.915. The van der Waals surface area contributed by atoms with Gasteiger partial charge in [0.15, 0.2) is 6.61 Å². The van der Waals surface area contributed by atoms with Crippen molar-refractivity contribution in [3.05, 3.63) is 35.4 Å². The molecule has 2 N–H and O–H groups in total. The molecular weight excluding hydrogens is 398 g/mol. The number of ether oxygens (including phenoxy) is 1. The summed E-state index contributed by atoms with van der Waals surface area (Å²) in [5.41, 5.74) is 3.62. The van der Waals surface area contributed by atoms with E-state index in [9.17, 15) is 19.2 Å². The van der Waals surface area contributed by atoms with Crippen molar-refractivity contribution in [2.24, 2.45) is 0 Å². The molecule has 1 spiro atoms. The highest BCUT2D eigenvalue weighted by atomic mass is 16.5. The van der Waals surface area contributed by atoms with Crippen molar-refractivity contribution in [2.75, 3.05) is 6.61 Å². The first-order valence-corrected chi connectivity index (χ1v) is 10.8. The van der Waals surface area contributed by atoms with Crippen molar-refractivity contribution in [2.45, 2.75) is 76.7 Å². The predicted octanol–water partition coefficient (Wildman–Crippen LogP) is 2.75. The molecule has 1 aromatic carbocycles. The molecule has 1 saturated carbocycles. The van der Waals surface area contributed by atoms with Gasteiger partial charge in [-0.15, -0.1) is 0 Å². The molecule has 2 aliphatic rings. The van der Waals surface area contributed by atoms with Crippen molar-refractivity contribution in [1.29, 1.82) is 0 Å². The van der Waals surface area contributed by atoms with Gasteiger partial charge in [-0.3, -0.25) is 19.8 Å². The monoisotopic (exact) mass is 429 g/mol. The van der Waals surface area contributed by atoms with Gasteiger partial charge in [-0.05, 0) is 35.8 Å². The Hall–Kier alpha value is -2.90. The lowest BCUT2D eigenvalue weighted by Gasteiger charge is -2.30. The molecule has 0 radical (unpaired) electrons. The first kappa shape index (κ1) is 22.8. The molecule has 1 saturated heterocycles. The lowest BCUT2D eigenvalue weighted by Crippen LogP contribution is -2.51. The van der Waals surface area contributed by atoms with Gasteiger partial charge in [0.05, 0.1) is 0 Å². The maximum Gasteiger partial charge on any atom is 0.344 e. The van der Waals surface area contributed by atoms with E-state index in [1.54, 1.807) is 0 Å². The number of hydrazine groups is 1. The molecule has 1 heterocycles. The zero-order chi connectivity index (χ0) is 22.6. The topological polar surface area (TPSA) is 105 Å². The van der Waals surface area contributed by atoms with Crippen molar-refractivity contribution >= 4 is 23.8 Å². The van der Waals surface area contributed by atoms with Crippen LogP contribution < -0.4 is 10.7 Å². The Balaban J connectivity index is 1.43. The molecule has 0 unspecified atom stereocenters. The average molecular weight is 430 g/mol. The van der Waals surface area contributed by atoms with E-state index in [-0.39, 0.29) is 11.8 Å². The Kier molecular flexibility index (Phi) is 6.67. The van der Waals surface area contributed by atoms with Crippen LogP contribution in [0.2, 0.25) is 0 Å². The van der Waals surface area contributed by atoms with Crippen LogP contribution in [0.5, 0.6) is 0 Å². The largest absolute Gasteiger partial charge is 0.455 e. The lowest BCUT2D eigenvalue weighted by atomic mass is 9.82. The average Bonchev–Trinajstić information content (AvgIpc) is 2.94. The third-order valence-corrected chi connectivity index (χ3v) is 5.91. The van der Waals surface area contributed by atoms with E-state index in [4.69, 9.17) is 4.74 Å². The second-order valence-corrected chi connectivity index (χ2v) is 9.36. The van der Waals surface area contributed by atoms with Crippen LogP contribution in [0.15, 0.2) is 24.3 Å². The summed E-state index contributed by atoms with van der Waals surface area (Å²) in [6, 6.07) is 7.42. The summed E-state index contributed by atoms with van der Waals surface area (Å²) < 4.78 is 5.00. The smallest absolute Gasteiger partial charge is 0.344 e. The maximum absolute atomic E-state index is 12.6. The first-order chi connectivity index (χ1) is 14.6. The highest BCUT2D eigenvalue weighted by Crippen LogP contribution is 2.33. The number of hydrogen-bond donors (Lipinski definition) is 2. The van der Waals surface area contributed by atoms with Crippen LogP contribution >= 0.6 is 0 Å². The molecule has 168 valence electrons. The third kappa shape index (κ3) is 5.42. The summed E-state index contributed by atoms with van der Waals surface area (Å²) >= 11 is 0. The highest BCUT2D eigenvalue weighted by Gasteiger charge is 2.52. The molecule has 0 atom stereocenters. The zero-order valence-electron chi connectivity index (χ0n) is 18.5. The summed E-state index contributed by atoms with van der Waals surface area (Å²) in [4.78, 5) is 48.9. The first-order valence-electron chi connectivity index (χ1n) is 10.8. The van der Waals surface area contributed by atoms with E-state index >= 15 is 0 Å². The van der Waals surface area contributed by atoms with Crippen molar-refractivity contribution in [3.63, 3.8) is 0 Å². The standard InChI is InChI=1S/C23H31N3O5/c1-22(2,3)17-10-7-16(8-11-17)9-12-19(28)31-15-18(27)25-26-20(29)23(24-21(26)30)13-5-4-6-14-23/h7-8,10-11H,4-6,9,12-15H2,1-3H3,(H,24,30)(H,25,27). The van der Waals surface area contributed by atoms with Gasteiger partial charge >= 0.3 is 12.0 Å². The van der Waals surface area contributed by atoms with Gasteiger partial charge in [0.1, 0.15) is 5.54 Å². The normalized spacial score (nSPS) is 18.1. The Morgan fingerprint density at radius 2 is 1.74 bits per heavy atom. The van der Waals surface area contributed by atoms with Gasteiger partial charge in [-0.2, -0.15) is 5.01 Å². The van der Waals surface area contributed by atoms with Crippen molar-refractivity contribution in [3.8, 4) is 0 Å². The van der Waals surface area contributed by atoms with Gasteiger partial charge in [0.25, 0.3) is 11.8 Å². The number of carbonyl (C=O) groups is 4. The summed E-state index contributed by atoms with van der Waals surface area (Å²) in [6.07, 6.45) is 4.49. The van der Waals surface area contributed by atoms with Crippen LogP contribution in [0.25, 0.3) is 0 Å². The summed E-state index contributed by atoms with van der Waals surface area (Å²) in [7, 11) is 0. The fourth-order valence-corrected chi connectivity index (χ4v) is 4.01. The highest BCUT2D eigenvalue weighted by molar-refractivity contribution is 6.08. The van der Waals surface area contributed by atoms with E-state index in [0.29, 0.717) is 24.3 Å².